The molecule has 0 fully saturated rings. The molecular formula is C31H33ClO5. The van der Waals surface area contributed by atoms with Crippen LogP contribution in [0.5, 0.6) is 5.75 Å². The molecule has 1 atom stereocenters. The molecular weight excluding hydrogens is 488 g/mol. The van der Waals surface area contributed by atoms with Gasteiger partial charge in [-0.3, -0.25) is 4.79 Å². The van der Waals surface area contributed by atoms with E-state index in [1.807, 2.05) is 60.7 Å². The Bertz CT molecular complexity index is 1190. The van der Waals surface area contributed by atoms with Crippen molar-refractivity contribution in [1.29, 1.82) is 0 Å². The molecule has 0 radical (unpaired) electrons. The number of hydrogen-bond acceptors (Lipinski definition) is 5. The number of allylic oxidation sites excluding steroid dienone is 1. The highest BCUT2D eigenvalue weighted by atomic mass is 35.5. The first-order valence-electron chi connectivity index (χ1n) is 12.4. The molecule has 0 saturated heterocycles. The summed E-state index contributed by atoms with van der Waals surface area (Å²) in [6.07, 6.45) is 8.10. The van der Waals surface area contributed by atoms with Gasteiger partial charge in [-0.05, 0) is 55.0 Å². The quantitative estimate of drug-likeness (QED) is 0.175. The van der Waals surface area contributed by atoms with E-state index in [-0.39, 0.29) is 17.9 Å². The van der Waals surface area contributed by atoms with E-state index in [0.29, 0.717) is 23.6 Å². The molecule has 0 amide bonds. The molecule has 0 saturated carbocycles. The number of para-hydroxylation sites is 1. The van der Waals surface area contributed by atoms with E-state index in [4.69, 9.17) is 25.8 Å². The molecule has 0 aliphatic rings. The standard InChI is InChI=1S/C31H33ClO5/c1-35-30(33)14-8-3-9-23(21-24-16-19-26(20-17-24)31(34)36-2)15-18-25-10-5-7-13-29(25)37-22-27-11-4-6-12-28(27)32/h4-7,10-13,15-20,23H,3,8-9,14,21-22H2,1-2H3. The lowest BCUT2D eigenvalue weighted by molar-refractivity contribution is -0.140. The van der Waals surface area contributed by atoms with Gasteiger partial charge in [0.15, 0.2) is 0 Å². The number of halogens is 1. The zero-order valence-corrected chi connectivity index (χ0v) is 22.1. The Morgan fingerprint density at radius 2 is 1.62 bits per heavy atom. The maximum atomic E-state index is 11.8. The number of esters is 2. The summed E-state index contributed by atoms with van der Waals surface area (Å²) in [5.74, 6) is 0.484. The van der Waals surface area contributed by atoms with E-state index in [1.165, 1.54) is 14.2 Å². The van der Waals surface area contributed by atoms with Gasteiger partial charge in [-0.15, -0.1) is 0 Å². The van der Waals surface area contributed by atoms with Gasteiger partial charge < -0.3 is 14.2 Å². The van der Waals surface area contributed by atoms with Crippen LogP contribution in [0.15, 0.2) is 78.9 Å². The third-order valence-electron chi connectivity index (χ3n) is 6.11. The van der Waals surface area contributed by atoms with E-state index < -0.39 is 0 Å². The van der Waals surface area contributed by atoms with Crippen molar-refractivity contribution in [1.82, 2.24) is 0 Å². The van der Waals surface area contributed by atoms with Crippen LogP contribution < -0.4 is 4.74 Å². The first-order chi connectivity index (χ1) is 18.0. The second-order valence-corrected chi connectivity index (χ2v) is 9.16. The van der Waals surface area contributed by atoms with Gasteiger partial charge in [0.2, 0.25) is 0 Å². The van der Waals surface area contributed by atoms with Crippen molar-refractivity contribution in [2.45, 2.75) is 38.7 Å². The third-order valence-corrected chi connectivity index (χ3v) is 6.48. The fraction of sp³-hybridized carbons (Fsp3) is 0.290. The Hall–Kier alpha value is -3.57. The predicted molar refractivity (Wildman–Crippen MR) is 147 cm³/mol. The average molecular weight is 521 g/mol. The van der Waals surface area contributed by atoms with E-state index in [9.17, 15) is 9.59 Å². The summed E-state index contributed by atoms with van der Waals surface area (Å²) in [4.78, 5) is 23.3. The maximum absolute atomic E-state index is 11.8. The Labute approximate surface area is 224 Å². The van der Waals surface area contributed by atoms with Gasteiger partial charge in [0.1, 0.15) is 12.4 Å². The Morgan fingerprint density at radius 1 is 0.892 bits per heavy atom. The van der Waals surface area contributed by atoms with Crippen molar-refractivity contribution in [3.63, 3.8) is 0 Å². The smallest absolute Gasteiger partial charge is 0.337 e. The summed E-state index contributed by atoms with van der Waals surface area (Å²) >= 11 is 6.29. The number of ether oxygens (including phenoxy) is 3. The van der Waals surface area contributed by atoms with Crippen molar-refractivity contribution in [3.8, 4) is 5.75 Å². The zero-order chi connectivity index (χ0) is 26.5. The van der Waals surface area contributed by atoms with Gasteiger partial charge in [-0.1, -0.05) is 78.7 Å². The second-order valence-electron chi connectivity index (χ2n) is 8.75. The number of carbonyl (C=O) groups excluding carboxylic acids is 2. The minimum atomic E-state index is -0.348. The summed E-state index contributed by atoms with van der Waals surface area (Å²) in [5.41, 5.74) is 3.57. The minimum Gasteiger partial charge on any atom is -0.488 e. The highest BCUT2D eigenvalue weighted by Gasteiger charge is 2.11. The normalized spacial score (nSPS) is 11.8. The SMILES string of the molecule is COC(=O)CCCCC(C=Cc1ccccc1OCc1ccccc1Cl)Cc1ccc(C(=O)OC)cc1. The number of methoxy groups -OCH3 is 2. The predicted octanol–water partition coefficient (Wildman–Crippen LogP) is 7.31. The van der Waals surface area contributed by atoms with Crippen LogP contribution >= 0.6 is 11.6 Å². The number of hydrogen-bond donors (Lipinski definition) is 0. The molecule has 0 bridgehead atoms. The van der Waals surface area contributed by atoms with Crippen LogP contribution in [0.25, 0.3) is 6.08 Å². The molecule has 0 aromatic heterocycles. The average Bonchev–Trinajstić information content (AvgIpc) is 2.93. The number of unbranched alkanes of at least 4 members (excludes halogenated alkanes) is 1. The molecule has 5 nitrogen and oxygen atoms in total. The second kappa shape index (κ2) is 14.9. The Kier molecular flexibility index (Phi) is 11.2. The summed E-state index contributed by atoms with van der Waals surface area (Å²) < 4.78 is 15.7. The molecule has 37 heavy (non-hydrogen) atoms. The zero-order valence-electron chi connectivity index (χ0n) is 21.3. The van der Waals surface area contributed by atoms with Crippen molar-refractivity contribution in [2.24, 2.45) is 5.92 Å². The van der Waals surface area contributed by atoms with Crippen LogP contribution in [0.2, 0.25) is 5.02 Å². The summed E-state index contributed by atoms with van der Waals surface area (Å²) in [5, 5.41) is 0.681. The van der Waals surface area contributed by atoms with Crippen LogP contribution in [0.4, 0.5) is 0 Å². The van der Waals surface area contributed by atoms with Crippen molar-refractivity contribution in [3.05, 3.63) is 106 Å². The molecule has 0 heterocycles. The van der Waals surface area contributed by atoms with E-state index in [1.54, 1.807) is 12.1 Å². The fourth-order valence-electron chi connectivity index (χ4n) is 4.00. The van der Waals surface area contributed by atoms with Gasteiger partial charge in [0.25, 0.3) is 0 Å². The van der Waals surface area contributed by atoms with Crippen molar-refractivity contribution in [2.75, 3.05) is 14.2 Å². The molecule has 3 aromatic rings. The van der Waals surface area contributed by atoms with Crippen LogP contribution in [0, 0.1) is 5.92 Å². The van der Waals surface area contributed by atoms with Crippen LogP contribution in [0.3, 0.4) is 0 Å². The van der Waals surface area contributed by atoms with Crippen LogP contribution in [-0.4, -0.2) is 26.2 Å². The first-order valence-corrected chi connectivity index (χ1v) is 12.8. The van der Waals surface area contributed by atoms with E-state index in [2.05, 4.69) is 12.2 Å². The number of benzene rings is 3. The van der Waals surface area contributed by atoms with Gasteiger partial charge in [0, 0.05) is 22.6 Å². The maximum Gasteiger partial charge on any atom is 0.337 e. The highest BCUT2D eigenvalue weighted by Crippen LogP contribution is 2.25. The van der Waals surface area contributed by atoms with Crippen molar-refractivity contribution < 1.29 is 23.8 Å². The van der Waals surface area contributed by atoms with Crippen molar-refractivity contribution >= 4 is 29.6 Å². The topological polar surface area (TPSA) is 61.8 Å². The van der Waals surface area contributed by atoms with Gasteiger partial charge in [-0.25, -0.2) is 4.79 Å². The first kappa shape index (κ1) is 28.0. The molecule has 1 unspecified atom stereocenters. The lowest BCUT2D eigenvalue weighted by atomic mass is 9.92. The molecule has 0 aliphatic heterocycles. The van der Waals surface area contributed by atoms with Crippen LogP contribution in [-0.2, 0) is 27.3 Å². The largest absolute Gasteiger partial charge is 0.488 e. The van der Waals surface area contributed by atoms with E-state index >= 15 is 0 Å². The molecule has 0 aliphatic carbocycles. The summed E-state index contributed by atoms with van der Waals surface area (Å²) in [7, 11) is 2.79. The Balaban J connectivity index is 1.71. The summed E-state index contributed by atoms with van der Waals surface area (Å²) in [6, 6.07) is 23.1. The van der Waals surface area contributed by atoms with Gasteiger partial charge >= 0.3 is 11.9 Å². The molecule has 194 valence electrons. The molecule has 0 N–H and O–H groups in total. The number of carbonyl (C=O) groups is 2. The van der Waals surface area contributed by atoms with E-state index in [0.717, 1.165) is 48.1 Å². The number of rotatable bonds is 13. The van der Waals surface area contributed by atoms with Crippen LogP contribution in [0.1, 0.15) is 52.7 Å². The Morgan fingerprint density at radius 3 is 2.35 bits per heavy atom. The van der Waals surface area contributed by atoms with Gasteiger partial charge in [0.05, 0.1) is 19.8 Å². The minimum absolute atomic E-state index is 0.185. The highest BCUT2D eigenvalue weighted by molar-refractivity contribution is 6.31. The third kappa shape index (κ3) is 9.10. The lowest BCUT2D eigenvalue weighted by Crippen LogP contribution is -2.05. The lowest BCUT2D eigenvalue weighted by Gasteiger charge is -2.14. The summed E-state index contributed by atoms with van der Waals surface area (Å²) in [6.45, 7) is 0.383. The molecule has 6 heteroatoms. The monoisotopic (exact) mass is 520 g/mol. The molecule has 3 rings (SSSR count). The molecule has 0 spiro atoms. The fourth-order valence-corrected chi connectivity index (χ4v) is 4.19. The van der Waals surface area contributed by atoms with Gasteiger partial charge in [-0.2, -0.15) is 0 Å². The molecule has 3 aromatic carbocycles.